The molecule has 2 amide bonds. The van der Waals surface area contributed by atoms with Crippen LogP contribution in [-0.2, 0) is 6.54 Å². The van der Waals surface area contributed by atoms with Crippen LogP contribution < -0.4 is 20.1 Å². The van der Waals surface area contributed by atoms with E-state index in [0.29, 0.717) is 17.2 Å². The Hall–Kier alpha value is -3.94. The van der Waals surface area contributed by atoms with Crippen molar-refractivity contribution in [2.24, 2.45) is 0 Å². The molecule has 1 aliphatic heterocycles. The van der Waals surface area contributed by atoms with Crippen molar-refractivity contribution in [2.45, 2.75) is 6.54 Å². The van der Waals surface area contributed by atoms with Crippen LogP contribution in [0.25, 0.3) is 0 Å². The molecule has 2 heterocycles. The molecule has 0 saturated heterocycles. The second-order valence-corrected chi connectivity index (χ2v) is 6.24. The van der Waals surface area contributed by atoms with Gasteiger partial charge in [0.25, 0.3) is 11.8 Å². The molecule has 0 spiro atoms. The standard InChI is InChI=1S/C21H16FN3O4/c22-14-6-4-13(5-7-14)11-23-20(26)16-2-1-3-17(25-16)21(27)24-15-8-9-18-19(10-15)29-12-28-18/h1-10H,11-12H2,(H,23,26)(H,24,27). The molecule has 0 unspecified atom stereocenters. The molecule has 3 aromatic rings. The van der Waals surface area contributed by atoms with Gasteiger partial charge in [-0.2, -0.15) is 0 Å². The van der Waals surface area contributed by atoms with Gasteiger partial charge in [-0.05, 0) is 42.0 Å². The van der Waals surface area contributed by atoms with Crippen LogP contribution in [0.2, 0.25) is 0 Å². The first-order valence-electron chi connectivity index (χ1n) is 8.79. The first-order valence-corrected chi connectivity index (χ1v) is 8.79. The number of pyridine rings is 1. The van der Waals surface area contributed by atoms with Gasteiger partial charge in [0.05, 0.1) is 0 Å². The maximum Gasteiger partial charge on any atom is 0.274 e. The third kappa shape index (κ3) is 4.32. The number of nitrogens with one attached hydrogen (secondary N) is 2. The summed E-state index contributed by atoms with van der Waals surface area (Å²) in [6, 6.07) is 15.4. The molecular weight excluding hydrogens is 377 g/mol. The van der Waals surface area contributed by atoms with Crippen LogP contribution in [0.1, 0.15) is 26.5 Å². The van der Waals surface area contributed by atoms with Crippen molar-refractivity contribution in [1.82, 2.24) is 10.3 Å². The van der Waals surface area contributed by atoms with Crippen LogP contribution >= 0.6 is 0 Å². The summed E-state index contributed by atoms with van der Waals surface area (Å²) in [4.78, 5) is 29.0. The molecule has 146 valence electrons. The van der Waals surface area contributed by atoms with Crippen molar-refractivity contribution in [3.63, 3.8) is 0 Å². The fourth-order valence-corrected chi connectivity index (χ4v) is 2.73. The number of ether oxygens (including phenoxy) is 2. The maximum atomic E-state index is 12.9. The third-order valence-electron chi connectivity index (χ3n) is 4.21. The second kappa shape index (κ2) is 7.97. The van der Waals surface area contributed by atoms with E-state index in [2.05, 4.69) is 15.6 Å². The molecule has 0 saturated carbocycles. The van der Waals surface area contributed by atoms with Crippen LogP contribution in [0.3, 0.4) is 0 Å². The van der Waals surface area contributed by atoms with Gasteiger partial charge >= 0.3 is 0 Å². The summed E-state index contributed by atoms with van der Waals surface area (Å²) < 4.78 is 23.5. The Morgan fingerprint density at radius 3 is 2.45 bits per heavy atom. The van der Waals surface area contributed by atoms with E-state index in [4.69, 9.17) is 9.47 Å². The summed E-state index contributed by atoms with van der Waals surface area (Å²) in [6.07, 6.45) is 0. The number of aromatic nitrogens is 1. The number of fused-ring (bicyclic) bond motifs is 1. The highest BCUT2D eigenvalue weighted by Crippen LogP contribution is 2.34. The molecule has 29 heavy (non-hydrogen) atoms. The van der Waals surface area contributed by atoms with Crippen LogP contribution in [0.15, 0.2) is 60.7 Å². The molecular formula is C21H16FN3O4. The highest BCUT2D eigenvalue weighted by atomic mass is 19.1. The number of carbonyl (C=O) groups excluding carboxylic acids is 2. The monoisotopic (exact) mass is 393 g/mol. The zero-order valence-corrected chi connectivity index (χ0v) is 15.1. The lowest BCUT2D eigenvalue weighted by Gasteiger charge is -2.08. The quantitative estimate of drug-likeness (QED) is 0.695. The minimum Gasteiger partial charge on any atom is -0.454 e. The van der Waals surface area contributed by atoms with E-state index < -0.39 is 11.8 Å². The Bertz CT molecular complexity index is 1070. The number of hydrogen-bond acceptors (Lipinski definition) is 5. The lowest BCUT2D eigenvalue weighted by Crippen LogP contribution is -2.25. The van der Waals surface area contributed by atoms with Crippen LogP contribution in [0, 0.1) is 5.82 Å². The Balaban J connectivity index is 1.41. The van der Waals surface area contributed by atoms with Gasteiger partial charge in [0, 0.05) is 18.3 Å². The van der Waals surface area contributed by atoms with Gasteiger partial charge in [-0.15, -0.1) is 0 Å². The van der Waals surface area contributed by atoms with Gasteiger partial charge in [0.1, 0.15) is 17.2 Å². The number of rotatable bonds is 5. The molecule has 1 aromatic heterocycles. The van der Waals surface area contributed by atoms with Crippen molar-refractivity contribution >= 4 is 17.5 Å². The SMILES string of the molecule is O=C(NCc1ccc(F)cc1)c1cccc(C(=O)Nc2ccc3c(c2)OCO3)n1. The first-order chi connectivity index (χ1) is 14.1. The second-order valence-electron chi connectivity index (χ2n) is 6.24. The molecule has 0 atom stereocenters. The molecule has 1 aliphatic rings. The zero-order valence-electron chi connectivity index (χ0n) is 15.1. The number of amides is 2. The van der Waals surface area contributed by atoms with Crippen LogP contribution in [-0.4, -0.2) is 23.6 Å². The van der Waals surface area contributed by atoms with Crippen molar-refractivity contribution in [1.29, 1.82) is 0 Å². The van der Waals surface area contributed by atoms with E-state index in [-0.39, 0.29) is 30.5 Å². The average molecular weight is 393 g/mol. The summed E-state index contributed by atoms with van der Waals surface area (Å²) >= 11 is 0. The Labute approximate surface area is 165 Å². The minimum absolute atomic E-state index is 0.0945. The molecule has 0 aliphatic carbocycles. The van der Waals surface area contributed by atoms with Crippen LogP contribution in [0.5, 0.6) is 11.5 Å². The molecule has 4 rings (SSSR count). The number of hydrogen-bond donors (Lipinski definition) is 2. The van der Waals surface area contributed by atoms with Crippen molar-refractivity contribution in [3.8, 4) is 11.5 Å². The van der Waals surface area contributed by atoms with Gasteiger partial charge in [-0.25, -0.2) is 9.37 Å². The number of halogens is 1. The summed E-state index contributed by atoms with van der Waals surface area (Å²) in [7, 11) is 0. The number of carbonyl (C=O) groups is 2. The third-order valence-corrected chi connectivity index (χ3v) is 4.21. The molecule has 2 N–H and O–H groups in total. The number of benzene rings is 2. The molecule has 0 radical (unpaired) electrons. The molecule has 2 aromatic carbocycles. The molecule has 0 bridgehead atoms. The summed E-state index contributed by atoms with van der Waals surface area (Å²) in [5, 5.41) is 5.41. The lowest BCUT2D eigenvalue weighted by atomic mass is 10.2. The van der Waals surface area contributed by atoms with E-state index in [0.717, 1.165) is 5.56 Å². The van der Waals surface area contributed by atoms with E-state index in [1.165, 1.54) is 24.3 Å². The largest absolute Gasteiger partial charge is 0.454 e. The Morgan fingerprint density at radius 1 is 0.931 bits per heavy atom. The number of anilines is 1. The van der Waals surface area contributed by atoms with Gasteiger partial charge in [-0.1, -0.05) is 18.2 Å². The molecule has 8 heteroatoms. The normalized spacial score (nSPS) is 11.8. The van der Waals surface area contributed by atoms with Gasteiger partial charge in [0.2, 0.25) is 6.79 Å². The van der Waals surface area contributed by atoms with Crippen LogP contribution in [0.4, 0.5) is 10.1 Å². The zero-order chi connectivity index (χ0) is 20.2. The highest BCUT2D eigenvalue weighted by Gasteiger charge is 2.16. The topological polar surface area (TPSA) is 89.6 Å². The first kappa shape index (κ1) is 18.4. The Morgan fingerprint density at radius 2 is 1.66 bits per heavy atom. The van der Waals surface area contributed by atoms with Crippen molar-refractivity contribution in [2.75, 3.05) is 12.1 Å². The van der Waals surface area contributed by atoms with Crippen molar-refractivity contribution in [3.05, 3.63) is 83.4 Å². The van der Waals surface area contributed by atoms with Gasteiger partial charge in [0.15, 0.2) is 11.5 Å². The molecule has 7 nitrogen and oxygen atoms in total. The summed E-state index contributed by atoms with van der Waals surface area (Å²) in [6.45, 7) is 0.359. The highest BCUT2D eigenvalue weighted by molar-refractivity contribution is 6.04. The minimum atomic E-state index is -0.461. The van der Waals surface area contributed by atoms with E-state index >= 15 is 0 Å². The van der Waals surface area contributed by atoms with E-state index in [1.54, 1.807) is 36.4 Å². The van der Waals surface area contributed by atoms with Gasteiger partial charge in [-0.3, -0.25) is 9.59 Å². The predicted molar refractivity (Wildman–Crippen MR) is 102 cm³/mol. The smallest absolute Gasteiger partial charge is 0.274 e. The Kier molecular flexibility index (Phi) is 5.07. The average Bonchev–Trinajstić information content (AvgIpc) is 3.21. The fourth-order valence-electron chi connectivity index (χ4n) is 2.73. The molecule has 0 fully saturated rings. The summed E-state index contributed by atoms with van der Waals surface area (Å²) in [5.41, 5.74) is 1.46. The lowest BCUT2D eigenvalue weighted by molar-refractivity contribution is 0.0945. The summed E-state index contributed by atoms with van der Waals surface area (Å²) in [5.74, 6) is -0.0855. The maximum absolute atomic E-state index is 12.9. The van der Waals surface area contributed by atoms with E-state index in [1.807, 2.05) is 0 Å². The number of nitrogens with zero attached hydrogens (tertiary/aromatic N) is 1. The van der Waals surface area contributed by atoms with E-state index in [9.17, 15) is 14.0 Å². The predicted octanol–water partition coefficient (Wildman–Crippen LogP) is 3.13. The van der Waals surface area contributed by atoms with Gasteiger partial charge < -0.3 is 20.1 Å². The fraction of sp³-hybridized carbons (Fsp3) is 0.0952. The van der Waals surface area contributed by atoms with Crippen molar-refractivity contribution < 1.29 is 23.5 Å².